The molecule has 10 aromatic carbocycles. The maximum Gasteiger partial charge on any atom is 0.0726 e. The zero-order valence-electron chi connectivity index (χ0n) is 34.5. The highest BCUT2D eigenvalue weighted by molar-refractivity contribution is 6.11. The maximum atomic E-state index is 2.50. The molecule has 0 unspecified atom stereocenters. The molecule has 0 saturated heterocycles. The van der Waals surface area contributed by atoms with Crippen molar-refractivity contribution in [3.8, 4) is 50.2 Å². The summed E-state index contributed by atoms with van der Waals surface area (Å²) in [5, 5.41) is 2.45. The molecule has 2 nitrogen and oxygen atoms in total. The van der Waals surface area contributed by atoms with Crippen LogP contribution in [0.3, 0.4) is 0 Å². The summed E-state index contributed by atoms with van der Waals surface area (Å²) in [5.74, 6) is 0. The Morgan fingerprint density at radius 2 is 0.810 bits per heavy atom. The lowest BCUT2D eigenvalue weighted by Crippen LogP contribution is -2.26. The topological polar surface area (TPSA) is 8.17 Å². The maximum absolute atomic E-state index is 2.50. The normalized spacial score (nSPS) is 12.9. The Labute approximate surface area is 367 Å². The van der Waals surface area contributed by atoms with Gasteiger partial charge in [0.1, 0.15) is 0 Å². The Morgan fingerprint density at radius 3 is 1.51 bits per heavy atom. The molecular formula is C61H40N2. The number of fused-ring (bicyclic) bond motifs is 13. The van der Waals surface area contributed by atoms with E-state index in [0.717, 1.165) is 28.3 Å². The molecule has 0 aliphatic heterocycles. The van der Waals surface area contributed by atoms with Crippen LogP contribution in [-0.4, -0.2) is 4.57 Å². The number of nitrogens with zero attached hydrogens (tertiary/aromatic N) is 2. The van der Waals surface area contributed by atoms with Gasteiger partial charge in [0, 0.05) is 33.4 Å². The van der Waals surface area contributed by atoms with Gasteiger partial charge in [-0.15, -0.1) is 0 Å². The second-order valence-corrected chi connectivity index (χ2v) is 16.8. The number of hydrogen-bond acceptors (Lipinski definition) is 1. The van der Waals surface area contributed by atoms with Crippen LogP contribution in [-0.2, 0) is 5.41 Å². The lowest BCUT2D eigenvalue weighted by molar-refractivity contribution is 0.793. The summed E-state index contributed by atoms with van der Waals surface area (Å²) >= 11 is 0. The first-order chi connectivity index (χ1) is 31.3. The van der Waals surface area contributed by atoms with Gasteiger partial charge in [0.2, 0.25) is 0 Å². The fourth-order valence-corrected chi connectivity index (χ4v) is 11.0. The third kappa shape index (κ3) is 5.19. The van der Waals surface area contributed by atoms with Crippen LogP contribution in [0.25, 0.3) is 72.0 Å². The van der Waals surface area contributed by atoms with E-state index >= 15 is 0 Å². The molecule has 63 heavy (non-hydrogen) atoms. The first-order valence-corrected chi connectivity index (χ1v) is 21.8. The monoisotopic (exact) mass is 800 g/mol. The molecule has 0 bridgehead atoms. The van der Waals surface area contributed by atoms with Crippen LogP contribution in [0.1, 0.15) is 22.3 Å². The molecule has 0 saturated carbocycles. The van der Waals surface area contributed by atoms with E-state index in [1.165, 1.54) is 83.1 Å². The zero-order valence-corrected chi connectivity index (χ0v) is 34.5. The van der Waals surface area contributed by atoms with Crippen molar-refractivity contribution in [3.05, 3.63) is 265 Å². The highest BCUT2D eigenvalue weighted by Crippen LogP contribution is 2.63. The van der Waals surface area contributed by atoms with Gasteiger partial charge in [-0.05, 0) is 110 Å². The molecule has 0 fully saturated rings. The molecule has 1 aromatic heterocycles. The van der Waals surface area contributed by atoms with E-state index in [4.69, 9.17) is 0 Å². The van der Waals surface area contributed by atoms with Gasteiger partial charge in [-0.3, -0.25) is 0 Å². The summed E-state index contributed by atoms with van der Waals surface area (Å²) in [6, 6.07) is 89.6. The van der Waals surface area contributed by atoms with Gasteiger partial charge in [-0.1, -0.05) is 194 Å². The summed E-state index contributed by atoms with van der Waals surface area (Å²) in [6.45, 7) is 0. The summed E-state index contributed by atoms with van der Waals surface area (Å²) in [6.07, 6.45) is 0. The number of hydrogen-bond donors (Lipinski definition) is 0. The Morgan fingerprint density at radius 1 is 0.302 bits per heavy atom. The van der Waals surface area contributed by atoms with Crippen LogP contribution < -0.4 is 4.90 Å². The summed E-state index contributed by atoms with van der Waals surface area (Å²) in [4.78, 5) is 2.49. The Balaban J connectivity index is 1.09. The van der Waals surface area contributed by atoms with Crippen molar-refractivity contribution < 1.29 is 0 Å². The first-order valence-electron chi connectivity index (χ1n) is 21.8. The fraction of sp³-hybridized carbons (Fsp3) is 0.0164. The van der Waals surface area contributed by atoms with E-state index < -0.39 is 5.41 Å². The lowest BCUT2D eigenvalue weighted by Gasteiger charge is -2.32. The van der Waals surface area contributed by atoms with Crippen LogP contribution in [0, 0.1) is 0 Å². The average molecular weight is 801 g/mol. The van der Waals surface area contributed by atoms with Crippen molar-refractivity contribution in [2.24, 2.45) is 0 Å². The van der Waals surface area contributed by atoms with E-state index in [9.17, 15) is 0 Å². The molecule has 2 heteroatoms. The van der Waals surface area contributed by atoms with Gasteiger partial charge in [-0.2, -0.15) is 0 Å². The van der Waals surface area contributed by atoms with E-state index in [0.29, 0.717) is 0 Å². The van der Waals surface area contributed by atoms with Gasteiger partial charge in [0.15, 0.2) is 0 Å². The van der Waals surface area contributed by atoms with Crippen LogP contribution in [0.2, 0.25) is 0 Å². The van der Waals surface area contributed by atoms with Crippen molar-refractivity contribution in [3.63, 3.8) is 0 Å². The van der Waals surface area contributed by atoms with Crippen LogP contribution in [0.5, 0.6) is 0 Å². The third-order valence-corrected chi connectivity index (χ3v) is 13.6. The van der Waals surface area contributed by atoms with Gasteiger partial charge in [-0.25, -0.2) is 0 Å². The predicted molar refractivity (Wildman–Crippen MR) is 263 cm³/mol. The standard InChI is InChI=1S/C61H40N2/c1-3-18-41(19-4-1)43-22-17-23-44(38-43)63-59-33-16-11-28-52(59)53-37-35-46(40-60(53)63)62(58-32-15-10-24-47(58)42-20-5-2-6-21-42)45-34-36-51-50-27-9-14-31-56(50)61(57(51)39-45)54-29-12-7-25-48(54)49-26-8-13-30-55(49)61/h1-40H. The largest absolute Gasteiger partial charge is 0.310 e. The van der Waals surface area contributed by atoms with Crippen molar-refractivity contribution >= 4 is 38.9 Å². The van der Waals surface area contributed by atoms with E-state index in [-0.39, 0.29) is 0 Å². The van der Waals surface area contributed by atoms with E-state index in [2.05, 4.69) is 252 Å². The smallest absolute Gasteiger partial charge is 0.0726 e. The molecule has 11 aromatic rings. The second-order valence-electron chi connectivity index (χ2n) is 16.8. The Kier molecular flexibility index (Phi) is 7.85. The summed E-state index contributed by atoms with van der Waals surface area (Å²) in [5.41, 5.74) is 21.6. The SMILES string of the molecule is c1ccc(-c2cccc(-n3c4ccccc4c4ccc(N(c5ccc6c(c5)C5(c7ccccc7-c7ccccc75)c5ccccc5-6)c5ccccc5-c5ccccc5)cc43)c2)cc1. The quantitative estimate of drug-likeness (QED) is 0.163. The van der Waals surface area contributed by atoms with Gasteiger partial charge >= 0.3 is 0 Å². The van der Waals surface area contributed by atoms with E-state index in [1.54, 1.807) is 0 Å². The van der Waals surface area contributed by atoms with Gasteiger partial charge < -0.3 is 9.47 Å². The molecule has 1 spiro atoms. The summed E-state index contributed by atoms with van der Waals surface area (Å²) < 4.78 is 2.45. The van der Waals surface area contributed by atoms with Crippen LogP contribution in [0.15, 0.2) is 243 Å². The molecule has 13 rings (SSSR count). The van der Waals surface area contributed by atoms with Crippen molar-refractivity contribution in [2.75, 3.05) is 4.90 Å². The van der Waals surface area contributed by atoms with Crippen molar-refractivity contribution in [1.29, 1.82) is 0 Å². The molecule has 0 N–H and O–H groups in total. The minimum Gasteiger partial charge on any atom is -0.310 e. The van der Waals surface area contributed by atoms with Crippen molar-refractivity contribution in [2.45, 2.75) is 5.41 Å². The highest BCUT2D eigenvalue weighted by atomic mass is 15.1. The number of aromatic nitrogens is 1. The van der Waals surface area contributed by atoms with Gasteiger partial charge in [0.05, 0.1) is 22.1 Å². The lowest BCUT2D eigenvalue weighted by atomic mass is 9.70. The first kappa shape index (κ1) is 35.5. The fourth-order valence-electron chi connectivity index (χ4n) is 11.0. The Hall–Kier alpha value is -8.20. The zero-order chi connectivity index (χ0) is 41.5. The van der Waals surface area contributed by atoms with Crippen LogP contribution in [0.4, 0.5) is 17.1 Å². The Bertz CT molecular complexity index is 3520. The average Bonchev–Trinajstić information content (AvgIpc) is 3.96. The molecule has 0 amide bonds. The highest BCUT2D eigenvalue weighted by Gasteiger charge is 2.51. The number of anilines is 3. The van der Waals surface area contributed by atoms with Gasteiger partial charge in [0.25, 0.3) is 0 Å². The molecule has 294 valence electrons. The second kappa shape index (κ2) is 13.9. The predicted octanol–water partition coefficient (Wildman–Crippen LogP) is 15.9. The molecule has 0 atom stereocenters. The van der Waals surface area contributed by atoms with Crippen molar-refractivity contribution in [1.82, 2.24) is 4.57 Å². The summed E-state index contributed by atoms with van der Waals surface area (Å²) in [7, 11) is 0. The minimum absolute atomic E-state index is 0.458. The number of para-hydroxylation sites is 2. The van der Waals surface area contributed by atoms with Crippen LogP contribution >= 0.6 is 0 Å². The minimum atomic E-state index is -0.458. The van der Waals surface area contributed by atoms with E-state index in [1.807, 2.05) is 0 Å². The third-order valence-electron chi connectivity index (χ3n) is 13.6. The molecular weight excluding hydrogens is 761 g/mol. The molecule has 1 heterocycles. The molecule has 2 aliphatic carbocycles. The molecule has 0 radical (unpaired) electrons. The number of rotatable bonds is 6. The molecule has 2 aliphatic rings. The number of benzene rings is 10.